The number of hydrogen-bond donors (Lipinski definition) is 2. The first kappa shape index (κ1) is 22.6. The van der Waals surface area contributed by atoms with Crippen molar-refractivity contribution in [1.82, 2.24) is 0 Å². The zero-order valence-electron chi connectivity index (χ0n) is 15.8. The van der Waals surface area contributed by atoms with Gasteiger partial charge in [-0.2, -0.15) is 5.26 Å². The summed E-state index contributed by atoms with van der Waals surface area (Å²) < 4.78 is 34.1. The lowest BCUT2D eigenvalue weighted by molar-refractivity contribution is -0.118. The minimum Gasteiger partial charge on any atom is -0.482 e. The molecule has 1 amide bonds. The van der Waals surface area contributed by atoms with Gasteiger partial charge in [-0.15, -0.1) is 0 Å². The number of amides is 1. The second-order valence-electron chi connectivity index (χ2n) is 6.20. The third kappa shape index (κ3) is 5.98. The highest BCUT2D eigenvalue weighted by Gasteiger charge is 2.19. The van der Waals surface area contributed by atoms with Crippen LogP contribution in [0.1, 0.15) is 5.56 Å². The Morgan fingerprint density at radius 3 is 2.45 bits per heavy atom. The molecule has 0 aliphatic heterocycles. The molecule has 0 aromatic heterocycles. The van der Waals surface area contributed by atoms with E-state index in [9.17, 15) is 13.2 Å². The Morgan fingerprint density at radius 1 is 1.06 bits per heavy atom. The number of hydrogen-bond acceptors (Lipinski definition) is 5. The van der Waals surface area contributed by atoms with Crippen LogP contribution in [0.15, 0.2) is 76.1 Å². The first-order valence-corrected chi connectivity index (χ1v) is 11.4. The predicted molar refractivity (Wildman–Crippen MR) is 122 cm³/mol. The second-order valence-corrected chi connectivity index (χ2v) is 9.18. The highest BCUT2D eigenvalue weighted by molar-refractivity contribution is 9.10. The average molecular weight is 521 g/mol. The Labute approximate surface area is 192 Å². The van der Waals surface area contributed by atoms with E-state index in [2.05, 4.69) is 26.0 Å². The molecule has 0 saturated heterocycles. The molecule has 3 aromatic carbocycles. The fourth-order valence-electron chi connectivity index (χ4n) is 2.54. The van der Waals surface area contributed by atoms with E-state index in [1.807, 2.05) is 6.07 Å². The van der Waals surface area contributed by atoms with Gasteiger partial charge in [-0.3, -0.25) is 9.52 Å². The van der Waals surface area contributed by atoms with E-state index in [4.69, 9.17) is 21.6 Å². The van der Waals surface area contributed by atoms with E-state index >= 15 is 0 Å². The summed E-state index contributed by atoms with van der Waals surface area (Å²) in [4.78, 5) is 12.0. The molecule has 7 nitrogen and oxygen atoms in total. The van der Waals surface area contributed by atoms with Gasteiger partial charge < -0.3 is 10.1 Å². The monoisotopic (exact) mass is 519 g/mol. The standard InChI is InChI=1S/C21H15BrClN3O4S/c22-15-5-7-16(8-6-15)26-31(28,29)20-11-17(9-10-18(20)23)25-21(27)13-30-19-4-2-1-3-14(19)12-24/h1-11,26H,13H2,(H,25,27). The van der Waals surface area contributed by atoms with Crippen molar-refractivity contribution < 1.29 is 17.9 Å². The van der Waals surface area contributed by atoms with Crippen LogP contribution in [-0.2, 0) is 14.8 Å². The zero-order valence-corrected chi connectivity index (χ0v) is 19.0. The van der Waals surface area contributed by atoms with Gasteiger partial charge in [0.2, 0.25) is 0 Å². The van der Waals surface area contributed by atoms with Crippen molar-refractivity contribution in [3.63, 3.8) is 0 Å². The van der Waals surface area contributed by atoms with Gasteiger partial charge in [0, 0.05) is 15.8 Å². The van der Waals surface area contributed by atoms with E-state index in [1.165, 1.54) is 18.2 Å². The number of carbonyl (C=O) groups is 1. The van der Waals surface area contributed by atoms with Gasteiger partial charge in [0.05, 0.1) is 10.6 Å². The summed E-state index contributed by atoms with van der Waals surface area (Å²) >= 11 is 9.37. The van der Waals surface area contributed by atoms with Crippen LogP contribution in [0.3, 0.4) is 0 Å². The minimum absolute atomic E-state index is 0.00167. The molecule has 0 unspecified atom stereocenters. The fourth-order valence-corrected chi connectivity index (χ4v) is 4.39. The van der Waals surface area contributed by atoms with Gasteiger partial charge in [-0.25, -0.2) is 8.42 Å². The lowest BCUT2D eigenvalue weighted by atomic mass is 10.2. The van der Waals surface area contributed by atoms with Gasteiger partial charge >= 0.3 is 0 Å². The van der Waals surface area contributed by atoms with E-state index in [-0.39, 0.29) is 28.0 Å². The third-order valence-electron chi connectivity index (χ3n) is 3.97. The maximum absolute atomic E-state index is 12.8. The number of para-hydroxylation sites is 1. The maximum Gasteiger partial charge on any atom is 0.263 e. The molecule has 0 spiro atoms. The molecule has 0 aliphatic carbocycles. The second kappa shape index (κ2) is 9.83. The van der Waals surface area contributed by atoms with Gasteiger partial charge in [0.15, 0.2) is 6.61 Å². The third-order valence-corrected chi connectivity index (χ3v) is 6.36. The van der Waals surface area contributed by atoms with Gasteiger partial charge in [-0.05, 0) is 54.6 Å². The number of anilines is 2. The first-order valence-electron chi connectivity index (χ1n) is 8.78. The highest BCUT2D eigenvalue weighted by atomic mass is 79.9. The minimum atomic E-state index is -4.00. The van der Waals surface area contributed by atoms with Crippen LogP contribution in [0.25, 0.3) is 0 Å². The van der Waals surface area contributed by atoms with Crippen molar-refractivity contribution in [1.29, 1.82) is 5.26 Å². The van der Waals surface area contributed by atoms with Gasteiger partial charge in [0.1, 0.15) is 16.7 Å². The highest BCUT2D eigenvalue weighted by Crippen LogP contribution is 2.27. The van der Waals surface area contributed by atoms with Crippen LogP contribution < -0.4 is 14.8 Å². The van der Waals surface area contributed by atoms with E-state index in [1.54, 1.807) is 48.5 Å². The van der Waals surface area contributed by atoms with E-state index in [0.717, 1.165) is 4.47 Å². The van der Waals surface area contributed by atoms with Gasteiger partial charge in [0.25, 0.3) is 15.9 Å². The van der Waals surface area contributed by atoms with Crippen LogP contribution >= 0.6 is 27.5 Å². The van der Waals surface area contributed by atoms with Crippen LogP contribution in [0.4, 0.5) is 11.4 Å². The number of nitriles is 1. The van der Waals surface area contributed by atoms with Crippen molar-refractivity contribution in [2.24, 2.45) is 0 Å². The molecule has 3 rings (SSSR count). The van der Waals surface area contributed by atoms with Crippen molar-refractivity contribution >= 4 is 54.8 Å². The molecule has 0 saturated carbocycles. The Hall–Kier alpha value is -3.06. The summed E-state index contributed by atoms with van der Waals surface area (Å²) in [7, 11) is -4.00. The number of carbonyl (C=O) groups excluding carboxylic acids is 1. The zero-order chi connectivity index (χ0) is 22.4. The summed E-state index contributed by atoms with van der Waals surface area (Å²) in [6.45, 7) is -0.361. The maximum atomic E-state index is 12.8. The Balaban J connectivity index is 1.72. The number of nitrogens with one attached hydrogen (secondary N) is 2. The number of rotatable bonds is 7. The fraction of sp³-hybridized carbons (Fsp3) is 0.0476. The first-order chi connectivity index (χ1) is 14.8. The van der Waals surface area contributed by atoms with Crippen LogP contribution in [-0.4, -0.2) is 20.9 Å². The van der Waals surface area contributed by atoms with Crippen LogP contribution in [0, 0.1) is 11.3 Å². The normalized spacial score (nSPS) is 10.7. The molecule has 2 N–H and O–H groups in total. The molecule has 0 bridgehead atoms. The molecular formula is C21H15BrClN3O4S. The molecule has 0 aliphatic rings. The number of halogens is 2. The quantitative estimate of drug-likeness (QED) is 0.465. The van der Waals surface area contributed by atoms with Crippen molar-refractivity contribution in [3.8, 4) is 11.8 Å². The summed E-state index contributed by atoms with van der Waals surface area (Å²) in [6, 6.07) is 19.2. The molecule has 0 fully saturated rings. The smallest absolute Gasteiger partial charge is 0.263 e. The topological polar surface area (TPSA) is 108 Å². The number of nitrogens with zero attached hydrogens (tertiary/aromatic N) is 1. The molecular weight excluding hydrogens is 506 g/mol. The molecule has 3 aromatic rings. The molecule has 31 heavy (non-hydrogen) atoms. The lowest BCUT2D eigenvalue weighted by Crippen LogP contribution is -2.21. The molecule has 158 valence electrons. The summed E-state index contributed by atoms with van der Waals surface area (Å²) in [6.07, 6.45) is 0. The summed E-state index contributed by atoms with van der Waals surface area (Å²) in [5.41, 5.74) is 0.884. The largest absolute Gasteiger partial charge is 0.482 e. The molecule has 0 heterocycles. The Morgan fingerprint density at radius 2 is 1.74 bits per heavy atom. The summed E-state index contributed by atoms with van der Waals surface area (Å²) in [5, 5.41) is 11.6. The SMILES string of the molecule is N#Cc1ccccc1OCC(=O)Nc1ccc(Cl)c(S(=O)(=O)Nc2ccc(Br)cc2)c1. The average Bonchev–Trinajstić information content (AvgIpc) is 2.75. The van der Waals surface area contributed by atoms with Crippen molar-refractivity contribution in [2.75, 3.05) is 16.6 Å². The predicted octanol–water partition coefficient (Wildman–Crippen LogP) is 4.79. The van der Waals surface area contributed by atoms with Gasteiger partial charge in [-0.1, -0.05) is 39.7 Å². The Kier molecular flexibility index (Phi) is 7.17. The van der Waals surface area contributed by atoms with Crippen LogP contribution in [0.5, 0.6) is 5.75 Å². The number of ether oxygens (including phenoxy) is 1. The molecule has 10 heteroatoms. The Bertz CT molecular complexity index is 1260. The number of sulfonamides is 1. The van der Waals surface area contributed by atoms with Crippen LogP contribution in [0.2, 0.25) is 5.02 Å². The number of benzene rings is 3. The van der Waals surface area contributed by atoms with Crippen molar-refractivity contribution in [2.45, 2.75) is 4.90 Å². The molecule has 0 atom stereocenters. The van der Waals surface area contributed by atoms with E-state index in [0.29, 0.717) is 11.3 Å². The lowest BCUT2D eigenvalue weighted by Gasteiger charge is -2.12. The molecule has 0 radical (unpaired) electrons. The van der Waals surface area contributed by atoms with E-state index < -0.39 is 15.9 Å². The van der Waals surface area contributed by atoms with Crippen molar-refractivity contribution in [3.05, 3.63) is 81.8 Å². The summed E-state index contributed by atoms with van der Waals surface area (Å²) in [5.74, 6) is -0.252.